The van der Waals surface area contributed by atoms with Crippen LogP contribution in [0.3, 0.4) is 0 Å². The van der Waals surface area contributed by atoms with Gasteiger partial charge in [0.15, 0.2) is 0 Å². The summed E-state index contributed by atoms with van der Waals surface area (Å²) < 4.78 is 11.7. The number of benzene rings is 1. The summed E-state index contributed by atoms with van der Waals surface area (Å²) in [6, 6.07) is 6.59. The minimum atomic E-state index is 0.135. The number of nitrogens with zero attached hydrogens (tertiary/aromatic N) is 2. The van der Waals surface area contributed by atoms with Crippen molar-refractivity contribution in [3.8, 4) is 5.75 Å². The molecule has 4 rings (SSSR count). The molecule has 1 aliphatic carbocycles. The van der Waals surface area contributed by atoms with Gasteiger partial charge in [-0.2, -0.15) is 0 Å². The molecule has 1 aromatic heterocycles. The van der Waals surface area contributed by atoms with E-state index in [1.165, 1.54) is 0 Å². The van der Waals surface area contributed by atoms with Crippen molar-refractivity contribution in [2.45, 2.75) is 70.1 Å². The number of fused-ring (bicyclic) bond motifs is 1. The maximum atomic E-state index is 11.6. The summed E-state index contributed by atoms with van der Waals surface area (Å²) in [6.45, 7) is 3.39. The Hall–Kier alpha value is -2.41. The highest BCUT2D eigenvalue weighted by atomic mass is 16.5. The molecule has 2 aromatic rings. The molecular formula is C22H30N4O3. The molecule has 2 N–H and O–H groups in total. The Morgan fingerprint density at radius 1 is 1.14 bits per heavy atom. The first-order valence-electron chi connectivity index (χ1n) is 10.8. The SMILES string of the molecule is CCC(=O)NC1CCC(Nc2ncc3cccc(OC4CCOCC4)c3n2)CC1. The van der Waals surface area contributed by atoms with Gasteiger partial charge in [0.05, 0.1) is 13.2 Å². The van der Waals surface area contributed by atoms with Crippen LogP contribution in [0.1, 0.15) is 51.9 Å². The Bertz CT molecular complexity index is 830. The third-order valence-corrected chi connectivity index (χ3v) is 5.78. The van der Waals surface area contributed by atoms with Gasteiger partial charge in [-0.25, -0.2) is 9.97 Å². The van der Waals surface area contributed by atoms with Gasteiger partial charge in [-0.1, -0.05) is 19.1 Å². The fourth-order valence-corrected chi connectivity index (χ4v) is 4.06. The van der Waals surface area contributed by atoms with E-state index in [1.54, 1.807) is 0 Å². The van der Waals surface area contributed by atoms with E-state index in [0.29, 0.717) is 18.4 Å². The highest BCUT2D eigenvalue weighted by molar-refractivity contribution is 5.84. The summed E-state index contributed by atoms with van der Waals surface area (Å²) in [4.78, 5) is 20.9. The van der Waals surface area contributed by atoms with E-state index in [2.05, 4.69) is 15.6 Å². The topological polar surface area (TPSA) is 85.4 Å². The van der Waals surface area contributed by atoms with Crippen LogP contribution in [0.15, 0.2) is 24.4 Å². The van der Waals surface area contributed by atoms with Crippen LogP contribution in [0, 0.1) is 0 Å². The van der Waals surface area contributed by atoms with Crippen LogP contribution in [-0.4, -0.2) is 47.3 Å². The van der Waals surface area contributed by atoms with Crippen molar-refractivity contribution in [3.63, 3.8) is 0 Å². The molecule has 0 spiro atoms. The van der Waals surface area contributed by atoms with E-state index in [9.17, 15) is 4.79 Å². The number of rotatable bonds is 6. The quantitative estimate of drug-likeness (QED) is 0.775. The monoisotopic (exact) mass is 398 g/mol. The Balaban J connectivity index is 1.41. The van der Waals surface area contributed by atoms with Crippen LogP contribution in [0.25, 0.3) is 10.9 Å². The molecule has 29 heavy (non-hydrogen) atoms. The van der Waals surface area contributed by atoms with Gasteiger partial charge in [-0.05, 0) is 31.7 Å². The molecule has 7 heteroatoms. The summed E-state index contributed by atoms with van der Waals surface area (Å²) in [5.74, 6) is 1.59. The molecule has 1 saturated heterocycles. The Morgan fingerprint density at radius 3 is 2.66 bits per heavy atom. The lowest BCUT2D eigenvalue weighted by Gasteiger charge is -2.29. The normalized spacial score (nSPS) is 22.9. The number of para-hydroxylation sites is 1. The first-order valence-corrected chi connectivity index (χ1v) is 10.8. The zero-order chi connectivity index (χ0) is 20.1. The second kappa shape index (κ2) is 9.39. The summed E-state index contributed by atoms with van der Waals surface area (Å²) in [7, 11) is 0. The van der Waals surface area contributed by atoms with E-state index in [4.69, 9.17) is 14.5 Å². The highest BCUT2D eigenvalue weighted by Crippen LogP contribution is 2.28. The molecular weight excluding hydrogens is 368 g/mol. The molecule has 2 fully saturated rings. The molecule has 1 saturated carbocycles. The summed E-state index contributed by atoms with van der Waals surface area (Å²) in [5.41, 5.74) is 0.848. The number of nitrogens with one attached hydrogen (secondary N) is 2. The molecule has 7 nitrogen and oxygen atoms in total. The smallest absolute Gasteiger partial charge is 0.223 e. The molecule has 0 radical (unpaired) electrons. The van der Waals surface area contributed by atoms with E-state index >= 15 is 0 Å². The van der Waals surface area contributed by atoms with E-state index in [1.807, 2.05) is 31.3 Å². The van der Waals surface area contributed by atoms with E-state index in [0.717, 1.165) is 68.4 Å². The number of ether oxygens (including phenoxy) is 2. The van der Waals surface area contributed by atoms with Crippen LogP contribution in [-0.2, 0) is 9.53 Å². The average molecular weight is 399 g/mol. The second-order valence-electron chi connectivity index (χ2n) is 7.93. The largest absolute Gasteiger partial charge is 0.488 e. The van der Waals surface area contributed by atoms with Gasteiger partial charge >= 0.3 is 0 Å². The van der Waals surface area contributed by atoms with Crippen molar-refractivity contribution >= 4 is 22.8 Å². The zero-order valence-corrected chi connectivity index (χ0v) is 17.0. The second-order valence-corrected chi connectivity index (χ2v) is 7.93. The Kier molecular flexibility index (Phi) is 6.44. The van der Waals surface area contributed by atoms with Gasteiger partial charge in [0.2, 0.25) is 11.9 Å². The average Bonchev–Trinajstić information content (AvgIpc) is 2.76. The van der Waals surface area contributed by atoms with Crippen molar-refractivity contribution in [1.82, 2.24) is 15.3 Å². The third-order valence-electron chi connectivity index (χ3n) is 5.78. The van der Waals surface area contributed by atoms with E-state index < -0.39 is 0 Å². The molecule has 0 atom stereocenters. The Morgan fingerprint density at radius 2 is 1.90 bits per heavy atom. The molecule has 1 aromatic carbocycles. The van der Waals surface area contributed by atoms with Crippen LogP contribution in [0.5, 0.6) is 5.75 Å². The minimum absolute atomic E-state index is 0.135. The van der Waals surface area contributed by atoms with Crippen LogP contribution < -0.4 is 15.4 Å². The Labute approximate surface area is 171 Å². The molecule has 0 unspecified atom stereocenters. The fourth-order valence-electron chi connectivity index (χ4n) is 4.06. The lowest BCUT2D eigenvalue weighted by Crippen LogP contribution is -2.40. The van der Waals surface area contributed by atoms with Gasteiger partial charge in [-0.3, -0.25) is 4.79 Å². The van der Waals surface area contributed by atoms with Crippen LogP contribution >= 0.6 is 0 Å². The lowest BCUT2D eigenvalue weighted by atomic mass is 9.91. The summed E-state index contributed by atoms with van der Waals surface area (Å²) in [6.07, 6.45) is 8.34. The van der Waals surface area contributed by atoms with Gasteiger partial charge in [0.25, 0.3) is 0 Å². The van der Waals surface area contributed by atoms with Crippen molar-refractivity contribution in [2.24, 2.45) is 0 Å². The maximum Gasteiger partial charge on any atom is 0.223 e. The van der Waals surface area contributed by atoms with Crippen LogP contribution in [0.2, 0.25) is 0 Å². The number of aromatic nitrogens is 2. The molecule has 156 valence electrons. The lowest BCUT2D eigenvalue weighted by molar-refractivity contribution is -0.121. The number of anilines is 1. The molecule has 2 aliphatic rings. The predicted octanol–water partition coefficient (Wildman–Crippen LogP) is 3.44. The van der Waals surface area contributed by atoms with E-state index in [-0.39, 0.29) is 18.1 Å². The molecule has 1 amide bonds. The third kappa shape index (κ3) is 5.15. The summed E-state index contributed by atoms with van der Waals surface area (Å²) in [5, 5.41) is 7.56. The fraction of sp³-hybridized carbons (Fsp3) is 0.591. The number of hydrogen-bond acceptors (Lipinski definition) is 6. The molecule has 0 bridgehead atoms. The first kappa shape index (κ1) is 19.9. The number of hydrogen-bond donors (Lipinski definition) is 2. The number of carbonyl (C=O) groups excluding carboxylic acids is 1. The predicted molar refractivity (Wildman–Crippen MR) is 112 cm³/mol. The minimum Gasteiger partial charge on any atom is -0.488 e. The maximum absolute atomic E-state index is 11.6. The van der Waals surface area contributed by atoms with Gasteiger partial charge in [0.1, 0.15) is 17.4 Å². The van der Waals surface area contributed by atoms with Crippen molar-refractivity contribution < 1.29 is 14.3 Å². The summed E-state index contributed by atoms with van der Waals surface area (Å²) >= 11 is 0. The van der Waals surface area contributed by atoms with Crippen molar-refractivity contribution in [2.75, 3.05) is 18.5 Å². The standard InChI is InChI=1S/C22H30N4O3/c1-2-20(27)24-16-6-8-17(9-7-16)25-22-23-14-15-4-3-5-19(21(15)26-22)29-18-10-12-28-13-11-18/h3-5,14,16-18H,2,6-13H2,1H3,(H,24,27)(H,23,25,26). The van der Waals surface area contributed by atoms with Crippen molar-refractivity contribution in [3.05, 3.63) is 24.4 Å². The molecule has 2 heterocycles. The zero-order valence-electron chi connectivity index (χ0n) is 17.0. The van der Waals surface area contributed by atoms with Crippen molar-refractivity contribution in [1.29, 1.82) is 0 Å². The van der Waals surface area contributed by atoms with Crippen LogP contribution in [0.4, 0.5) is 5.95 Å². The van der Waals surface area contributed by atoms with Gasteiger partial charge in [0, 0.05) is 42.9 Å². The number of carbonyl (C=O) groups is 1. The number of amides is 1. The first-order chi connectivity index (χ1) is 14.2. The van der Waals surface area contributed by atoms with Gasteiger partial charge < -0.3 is 20.1 Å². The highest BCUT2D eigenvalue weighted by Gasteiger charge is 2.23. The van der Waals surface area contributed by atoms with Gasteiger partial charge in [-0.15, -0.1) is 0 Å². The molecule has 1 aliphatic heterocycles.